The average molecular weight is 272 g/mol. The number of halogens is 1. The summed E-state index contributed by atoms with van der Waals surface area (Å²) in [5.41, 5.74) is 0.693. The summed E-state index contributed by atoms with van der Waals surface area (Å²) in [6.45, 7) is 2.68. The van der Waals surface area contributed by atoms with Gasteiger partial charge in [0.1, 0.15) is 6.04 Å². The Morgan fingerprint density at radius 3 is 3.00 bits per heavy atom. The summed E-state index contributed by atoms with van der Waals surface area (Å²) in [5.74, 6) is 0.691. The number of fused-ring (bicyclic) bond motifs is 1. The van der Waals surface area contributed by atoms with Crippen molar-refractivity contribution < 1.29 is 19.0 Å². The second-order valence-corrected chi connectivity index (χ2v) is 4.16. The first-order chi connectivity index (χ1) is 8.67. The highest BCUT2D eigenvalue weighted by molar-refractivity contribution is 6.32. The third-order valence-electron chi connectivity index (χ3n) is 2.63. The molecule has 0 fully saturated rings. The Morgan fingerprint density at radius 1 is 1.56 bits per heavy atom. The van der Waals surface area contributed by atoms with Gasteiger partial charge < -0.3 is 19.5 Å². The summed E-state index contributed by atoms with van der Waals surface area (Å²) in [4.78, 5) is 11.7. The lowest BCUT2D eigenvalue weighted by Gasteiger charge is -2.16. The van der Waals surface area contributed by atoms with Gasteiger partial charge in [-0.2, -0.15) is 0 Å². The lowest BCUT2D eigenvalue weighted by Crippen LogP contribution is -2.29. The van der Waals surface area contributed by atoms with E-state index in [-0.39, 0.29) is 12.8 Å². The zero-order valence-electron chi connectivity index (χ0n) is 10.2. The van der Waals surface area contributed by atoms with Crippen LogP contribution in [0.2, 0.25) is 5.02 Å². The Bertz CT molecular complexity index is 464. The highest BCUT2D eigenvalue weighted by atomic mass is 35.5. The van der Waals surface area contributed by atoms with E-state index in [4.69, 9.17) is 25.8 Å². The standard InChI is InChI=1S/C12H14ClNO4/c1-3-14-10(12(15)16-2)7-4-8(13)11-9(5-7)17-6-18-11/h4-5,10,14H,3,6H2,1-2H3. The number of benzene rings is 1. The largest absolute Gasteiger partial charge is 0.468 e. The summed E-state index contributed by atoms with van der Waals surface area (Å²) in [7, 11) is 1.35. The van der Waals surface area contributed by atoms with E-state index in [1.807, 2.05) is 6.92 Å². The molecule has 1 atom stereocenters. The van der Waals surface area contributed by atoms with Crippen LogP contribution in [0.15, 0.2) is 12.1 Å². The number of ether oxygens (including phenoxy) is 3. The molecule has 1 aliphatic rings. The molecule has 1 aromatic carbocycles. The predicted octanol–water partition coefficient (Wildman–Crippen LogP) is 1.89. The van der Waals surface area contributed by atoms with Crippen molar-refractivity contribution in [1.82, 2.24) is 5.32 Å². The van der Waals surface area contributed by atoms with Gasteiger partial charge in [0.25, 0.3) is 0 Å². The zero-order valence-corrected chi connectivity index (χ0v) is 10.9. The van der Waals surface area contributed by atoms with E-state index in [0.717, 1.165) is 0 Å². The van der Waals surface area contributed by atoms with E-state index >= 15 is 0 Å². The fourth-order valence-corrected chi connectivity index (χ4v) is 2.09. The number of hydrogen-bond acceptors (Lipinski definition) is 5. The minimum Gasteiger partial charge on any atom is -0.468 e. The summed E-state index contributed by atoms with van der Waals surface area (Å²) >= 11 is 6.08. The van der Waals surface area contributed by atoms with Gasteiger partial charge in [0.15, 0.2) is 11.5 Å². The Hall–Kier alpha value is -1.46. The SMILES string of the molecule is CCNC(C(=O)OC)c1cc(Cl)c2c(c1)OCO2. The van der Waals surface area contributed by atoms with Gasteiger partial charge in [-0.3, -0.25) is 0 Å². The normalized spacial score (nSPS) is 14.4. The molecule has 0 amide bonds. The van der Waals surface area contributed by atoms with Crippen LogP contribution in [0.3, 0.4) is 0 Å². The van der Waals surface area contributed by atoms with E-state index < -0.39 is 6.04 Å². The summed E-state index contributed by atoms with van der Waals surface area (Å²) < 4.78 is 15.3. The fraction of sp³-hybridized carbons (Fsp3) is 0.417. The Labute approximate surface area is 110 Å². The van der Waals surface area contributed by atoms with Crippen LogP contribution in [0.1, 0.15) is 18.5 Å². The minimum atomic E-state index is -0.563. The molecule has 0 spiro atoms. The first-order valence-electron chi connectivity index (χ1n) is 5.57. The van der Waals surface area contributed by atoms with Crippen molar-refractivity contribution in [2.75, 3.05) is 20.4 Å². The Morgan fingerprint density at radius 2 is 2.33 bits per heavy atom. The maximum absolute atomic E-state index is 11.7. The highest BCUT2D eigenvalue weighted by Gasteiger charge is 2.25. The maximum atomic E-state index is 11.7. The number of likely N-dealkylation sites (N-methyl/N-ethyl adjacent to an activating group) is 1. The molecule has 2 rings (SSSR count). The van der Waals surface area contributed by atoms with Crippen molar-refractivity contribution in [2.24, 2.45) is 0 Å². The van der Waals surface area contributed by atoms with Crippen molar-refractivity contribution in [3.63, 3.8) is 0 Å². The molecule has 6 heteroatoms. The van der Waals surface area contributed by atoms with E-state index in [2.05, 4.69) is 5.32 Å². The van der Waals surface area contributed by atoms with E-state index in [0.29, 0.717) is 28.6 Å². The molecule has 98 valence electrons. The van der Waals surface area contributed by atoms with Gasteiger partial charge in [0.05, 0.1) is 12.1 Å². The number of hydrogen-bond donors (Lipinski definition) is 1. The molecule has 1 aromatic rings. The maximum Gasteiger partial charge on any atom is 0.327 e. The van der Waals surface area contributed by atoms with Gasteiger partial charge in [0.2, 0.25) is 6.79 Å². The van der Waals surface area contributed by atoms with Gasteiger partial charge in [-0.1, -0.05) is 18.5 Å². The van der Waals surface area contributed by atoms with Crippen LogP contribution in [0.25, 0.3) is 0 Å². The molecule has 18 heavy (non-hydrogen) atoms. The lowest BCUT2D eigenvalue weighted by atomic mass is 10.1. The molecule has 0 aliphatic carbocycles. The molecule has 0 saturated heterocycles. The topological polar surface area (TPSA) is 56.8 Å². The van der Waals surface area contributed by atoms with E-state index in [1.54, 1.807) is 12.1 Å². The number of esters is 1. The van der Waals surface area contributed by atoms with Crippen molar-refractivity contribution >= 4 is 17.6 Å². The minimum absolute atomic E-state index is 0.141. The van der Waals surface area contributed by atoms with Crippen molar-refractivity contribution in [3.05, 3.63) is 22.7 Å². The molecular formula is C12H14ClNO4. The first kappa shape index (κ1) is 13.0. The van der Waals surface area contributed by atoms with Crippen LogP contribution < -0.4 is 14.8 Å². The number of rotatable bonds is 4. The summed E-state index contributed by atoms with van der Waals surface area (Å²) in [6, 6.07) is 2.85. The number of carbonyl (C=O) groups is 1. The van der Waals surface area contributed by atoms with Crippen molar-refractivity contribution in [2.45, 2.75) is 13.0 Å². The fourth-order valence-electron chi connectivity index (χ4n) is 1.81. The molecule has 1 unspecified atom stereocenters. The molecule has 0 bridgehead atoms. The van der Waals surface area contributed by atoms with Gasteiger partial charge >= 0.3 is 5.97 Å². The Kier molecular flexibility index (Phi) is 3.93. The second-order valence-electron chi connectivity index (χ2n) is 3.75. The molecular weight excluding hydrogens is 258 g/mol. The lowest BCUT2D eigenvalue weighted by molar-refractivity contribution is -0.143. The van der Waals surface area contributed by atoms with Crippen LogP contribution in [0.4, 0.5) is 0 Å². The highest BCUT2D eigenvalue weighted by Crippen LogP contribution is 2.41. The van der Waals surface area contributed by atoms with Crippen LogP contribution in [-0.2, 0) is 9.53 Å². The first-order valence-corrected chi connectivity index (χ1v) is 5.95. The molecule has 1 N–H and O–H groups in total. The number of nitrogens with one attached hydrogen (secondary N) is 1. The Balaban J connectivity index is 2.36. The molecule has 5 nitrogen and oxygen atoms in total. The second kappa shape index (κ2) is 5.46. The molecule has 0 saturated carbocycles. The quantitative estimate of drug-likeness (QED) is 0.848. The smallest absolute Gasteiger partial charge is 0.327 e. The predicted molar refractivity (Wildman–Crippen MR) is 66.0 cm³/mol. The van der Waals surface area contributed by atoms with Crippen LogP contribution >= 0.6 is 11.6 Å². The monoisotopic (exact) mass is 271 g/mol. The van der Waals surface area contributed by atoms with E-state index in [9.17, 15) is 4.79 Å². The van der Waals surface area contributed by atoms with Gasteiger partial charge in [-0.05, 0) is 24.2 Å². The number of methoxy groups -OCH3 is 1. The average Bonchev–Trinajstić information content (AvgIpc) is 2.83. The van der Waals surface area contributed by atoms with Crippen LogP contribution in [0.5, 0.6) is 11.5 Å². The van der Waals surface area contributed by atoms with Gasteiger partial charge in [0, 0.05) is 0 Å². The van der Waals surface area contributed by atoms with Gasteiger partial charge in [-0.15, -0.1) is 0 Å². The van der Waals surface area contributed by atoms with Crippen molar-refractivity contribution in [3.8, 4) is 11.5 Å². The number of carbonyl (C=O) groups excluding carboxylic acids is 1. The molecule has 1 heterocycles. The third kappa shape index (κ3) is 2.37. The van der Waals surface area contributed by atoms with E-state index in [1.165, 1.54) is 7.11 Å². The van der Waals surface area contributed by atoms with Crippen molar-refractivity contribution in [1.29, 1.82) is 0 Å². The third-order valence-corrected chi connectivity index (χ3v) is 2.91. The molecule has 1 aliphatic heterocycles. The molecule has 0 aromatic heterocycles. The summed E-state index contributed by atoms with van der Waals surface area (Å²) in [6.07, 6.45) is 0. The zero-order chi connectivity index (χ0) is 13.1. The summed E-state index contributed by atoms with van der Waals surface area (Å²) in [5, 5.41) is 3.46. The van der Waals surface area contributed by atoms with Gasteiger partial charge in [-0.25, -0.2) is 4.79 Å². The van der Waals surface area contributed by atoms with Crippen LogP contribution in [-0.4, -0.2) is 26.4 Å². The van der Waals surface area contributed by atoms with Crippen LogP contribution in [0, 0.1) is 0 Å². The molecule has 0 radical (unpaired) electrons.